The van der Waals surface area contributed by atoms with Gasteiger partial charge in [-0.05, 0) is 69.7 Å². The molecule has 2 saturated carbocycles. The molecule has 8 unspecified atom stereocenters. The summed E-state index contributed by atoms with van der Waals surface area (Å²) in [5.41, 5.74) is -2.41. The van der Waals surface area contributed by atoms with Gasteiger partial charge in [-0.25, -0.2) is 9.59 Å². The minimum Gasteiger partial charge on any atom is -0.459 e. The van der Waals surface area contributed by atoms with E-state index in [0.29, 0.717) is 24.8 Å². The molecule has 9 nitrogen and oxygen atoms in total. The summed E-state index contributed by atoms with van der Waals surface area (Å²) in [6.07, 6.45) is 0.794. The molecule has 246 valence electrons. The SMILES string of the molecule is CCCC(=O)OC1C2C(OC(C)=O)C3(OC2(C)C)C(C)CCC(OC(=O)C=Cc2ccccc2)C3(C)C1OC(=O)c1ccccc1. The average molecular weight is 633 g/mol. The van der Waals surface area contributed by atoms with Gasteiger partial charge in [0.05, 0.1) is 22.5 Å². The van der Waals surface area contributed by atoms with Crippen LogP contribution in [0.3, 0.4) is 0 Å². The predicted octanol–water partition coefficient (Wildman–Crippen LogP) is 6.09. The molecule has 0 amide bonds. The lowest BCUT2D eigenvalue weighted by Crippen LogP contribution is -2.76. The van der Waals surface area contributed by atoms with Crippen LogP contribution in [0.15, 0.2) is 66.7 Å². The van der Waals surface area contributed by atoms with Crippen molar-refractivity contribution >= 4 is 30.0 Å². The molecule has 3 aliphatic rings. The molecule has 0 N–H and O–H groups in total. The van der Waals surface area contributed by atoms with Crippen LogP contribution < -0.4 is 0 Å². The summed E-state index contributed by atoms with van der Waals surface area (Å²) in [4.78, 5) is 53.2. The predicted molar refractivity (Wildman–Crippen MR) is 169 cm³/mol. The van der Waals surface area contributed by atoms with Crippen LogP contribution in [0, 0.1) is 17.3 Å². The highest BCUT2D eigenvalue weighted by molar-refractivity contribution is 5.89. The maximum absolute atomic E-state index is 13.8. The number of hydrogen-bond acceptors (Lipinski definition) is 9. The Bertz CT molecular complexity index is 1470. The van der Waals surface area contributed by atoms with E-state index >= 15 is 0 Å². The summed E-state index contributed by atoms with van der Waals surface area (Å²) in [5.74, 6) is -3.10. The lowest BCUT2D eigenvalue weighted by molar-refractivity contribution is -0.298. The monoisotopic (exact) mass is 632 g/mol. The van der Waals surface area contributed by atoms with Crippen LogP contribution in [0.5, 0.6) is 0 Å². The van der Waals surface area contributed by atoms with E-state index in [-0.39, 0.29) is 12.3 Å². The third-order valence-electron chi connectivity index (χ3n) is 10.1. The summed E-state index contributed by atoms with van der Waals surface area (Å²) < 4.78 is 32.1. The first-order valence-corrected chi connectivity index (χ1v) is 16.1. The van der Waals surface area contributed by atoms with Crippen molar-refractivity contribution in [1.82, 2.24) is 0 Å². The van der Waals surface area contributed by atoms with E-state index < -0.39 is 70.8 Å². The number of ether oxygens (including phenoxy) is 5. The number of benzene rings is 2. The number of rotatable bonds is 9. The maximum Gasteiger partial charge on any atom is 0.338 e. The molecule has 5 rings (SSSR count). The molecule has 9 heteroatoms. The summed E-state index contributed by atoms with van der Waals surface area (Å²) >= 11 is 0. The highest BCUT2D eigenvalue weighted by Gasteiger charge is 2.82. The minimum atomic E-state index is -1.31. The smallest absolute Gasteiger partial charge is 0.338 e. The van der Waals surface area contributed by atoms with Crippen molar-refractivity contribution in [2.24, 2.45) is 17.3 Å². The molecule has 1 aliphatic heterocycles. The van der Waals surface area contributed by atoms with Gasteiger partial charge >= 0.3 is 23.9 Å². The Morgan fingerprint density at radius 1 is 0.870 bits per heavy atom. The molecule has 2 aromatic rings. The van der Waals surface area contributed by atoms with Gasteiger partial charge in [-0.15, -0.1) is 0 Å². The highest BCUT2D eigenvalue weighted by atomic mass is 16.6. The molecule has 2 aromatic carbocycles. The molecule has 2 aliphatic carbocycles. The molecule has 3 fully saturated rings. The van der Waals surface area contributed by atoms with E-state index in [1.54, 1.807) is 36.4 Å². The van der Waals surface area contributed by atoms with Gasteiger partial charge in [-0.1, -0.05) is 62.4 Å². The number of carbonyl (C=O) groups is 4. The highest BCUT2D eigenvalue weighted by Crippen LogP contribution is 2.68. The van der Waals surface area contributed by atoms with Gasteiger partial charge in [0.1, 0.15) is 23.9 Å². The van der Waals surface area contributed by atoms with Gasteiger partial charge < -0.3 is 23.7 Å². The zero-order valence-corrected chi connectivity index (χ0v) is 27.4. The molecule has 1 spiro atoms. The van der Waals surface area contributed by atoms with Crippen LogP contribution >= 0.6 is 0 Å². The topological polar surface area (TPSA) is 114 Å². The van der Waals surface area contributed by atoms with Gasteiger partial charge in [0, 0.05) is 19.4 Å². The molecule has 0 radical (unpaired) electrons. The van der Waals surface area contributed by atoms with Gasteiger partial charge in [-0.3, -0.25) is 9.59 Å². The van der Waals surface area contributed by atoms with Crippen LogP contribution in [0.2, 0.25) is 0 Å². The normalized spacial score (nSPS) is 32.7. The Balaban J connectivity index is 1.66. The van der Waals surface area contributed by atoms with Gasteiger partial charge in [0.25, 0.3) is 0 Å². The molecule has 0 aromatic heterocycles. The second kappa shape index (κ2) is 13.0. The summed E-state index contributed by atoms with van der Waals surface area (Å²) in [6.45, 7) is 10.8. The average Bonchev–Trinajstić information content (AvgIpc) is 3.22. The number of esters is 4. The van der Waals surface area contributed by atoms with E-state index in [1.807, 2.05) is 65.0 Å². The first-order valence-electron chi connectivity index (χ1n) is 16.1. The molecular weight excluding hydrogens is 588 g/mol. The van der Waals surface area contributed by atoms with Crippen molar-refractivity contribution in [3.8, 4) is 0 Å². The molecule has 1 saturated heterocycles. The van der Waals surface area contributed by atoms with Crippen molar-refractivity contribution in [2.75, 3.05) is 0 Å². The van der Waals surface area contributed by atoms with Crippen molar-refractivity contribution in [3.63, 3.8) is 0 Å². The largest absolute Gasteiger partial charge is 0.459 e. The lowest BCUT2D eigenvalue weighted by Gasteiger charge is -2.62. The Morgan fingerprint density at radius 3 is 2.15 bits per heavy atom. The van der Waals surface area contributed by atoms with E-state index in [1.165, 1.54) is 13.0 Å². The quantitative estimate of drug-likeness (QED) is 0.184. The third kappa shape index (κ3) is 5.85. The number of fused-ring (bicyclic) bond motifs is 1. The zero-order valence-electron chi connectivity index (χ0n) is 27.4. The standard InChI is InChI=1S/C37H44O9/c1-7-14-28(39)44-31-30-32(42-24(3)38)37(46-35(30,4)5)23(2)19-21-27(43-29(40)22-20-25-15-10-8-11-16-25)36(37,6)33(31)45-34(41)26-17-12-9-13-18-26/h8-13,15-18,20,22-23,27,30-33H,7,14,19,21H2,1-6H3. The van der Waals surface area contributed by atoms with Crippen molar-refractivity contribution in [1.29, 1.82) is 0 Å². The summed E-state index contributed by atoms with van der Waals surface area (Å²) in [6, 6.07) is 17.9. The second-order valence-corrected chi connectivity index (χ2v) is 13.4. The lowest BCUT2D eigenvalue weighted by atomic mass is 9.48. The Labute approximate surface area is 270 Å². The Morgan fingerprint density at radius 2 is 1.52 bits per heavy atom. The molecule has 2 bridgehead atoms. The van der Waals surface area contributed by atoms with E-state index in [2.05, 4.69) is 0 Å². The molecule has 46 heavy (non-hydrogen) atoms. The van der Waals surface area contributed by atoms with Crippen LogP contribution in [-0.4, -0.2) is 59.5 Å². The number of hydrogen-bond donors (Lipinski definition) is 0. The fourth-order valence-corrected chi connectivity index (χ4v) is 8.12. The maximum atomic E-state index is 13.8. The fraction of sp³-hybridized carbons (Fsp3) is 0.514. The zero-order chi connectivity index (χ0) is 33.3. The van der Waals surface area contributed by atoms with Crippen LogP contribution in [0.4, 0.5) is 0 Å². The van der Waals surface area contributed by atoms with Gasteiger partial charge in [-0.2, -0.15) is 0 Å². The van der Waals surface area contributed by atoms with E-state index in [9.17, 15) is 19.2 Å². The van der Waals surface area contributed by atoms with Crippen LogP contribution in [0.25, 0.3) is 6.08 Å². The van der Waals surface area contributed by atoms with E-state index in [4.69, 9.17) is 23.7 Å². The number of carbonyl (C=O) groups excluding carboxylic acids is 4. The fourth-order valence-electron chi connectivity index (χ4n) is 8.12. The third-order valence-corrected chi connectivity index (χ3v) is 10.1. The van der Waals surface area contributed by atoms with Crippen LogP contribution in [0.1, 0.15) is 83.1 Å². The molecule has 1 heterocycles. The van der Waals surface area contributed by atoms with Crippen LogP contribution in [-0.2, 0) is 38.1 Å². The van der Waals surface area contributed by atoms with Crippen molar-refractivity contribution in [3.05, 3.63) is 77.9 Å². The summed E-state index contributed by atoms with van der Waals surface area (Å²) in [5, 5.41) is 0. The van der Waals surface area contributed by atoms with Gasteiger partial charge in [0.15, 0.2) is 6.10 Å². The first kappa shape index (κ1) is 33.4. The van der Waals surface area contributed by atoms with Crippen molar-refractivity contribution < 1.29 is 42.9 Å². The molecular formula is C37H44O9. The second-order valence-electron chi connectivity index (χ2n) is 13.4. The van der Waals surface area contributed by atoms with E-state index in [0.717, 1.165) is 5.56 Å². The first-order chi connectivity index (χ1) is 21.8. The minimum absolute atomic E-state index is 0.142. The van der Waals surface area contributed by atoms with Gasteiger partial charge in [0.2, 0.25) is 0 Å². The molecule has 8 atom stereocenters. The van der Waals surface area contributed by atoms with Crippen molar-refractivity contribution in [2.45, 2.75) is 103 Å². The summed E-state index contributed by atoms with van der Waals surface area (Å²) in [7, 11) is 0. The Hall–Kier alpha value is -3.98. The Kier molecular flexibility index (Phi) is 9.45.